The molecule has 5 nitrogen and oxygen atoms in total. The van der Waals surface area contributed by atoms with Gasteiger partial charge in [0.25, 0.3) is 0 Å². The summed E-state index contributed by atoms with van der Waals surface area (Å²) < 4.78 is 0. The van der Waals surface area contributed by atoms with Crippen LogP contribution in [0.3, 0.4) is 0 Å². The first kappa shape index (κ1) is 21.1. The van der Waals surface area contributed by atoms with Crippen molar-refractivity contribution in [2.75, 3.05) is 39.8 Å². The summed E-state index contributed by atoms with van der Waals surface area (Å²) in [4.78, 5) is 9.57. The van der Waals surface area contributed by atoms with Crippen LogP contribution in [-0.4, -0.2) is 61.6 Å². The van der Waals surface area contributed by atoms with Crippen LogP contribution < -0.4 is 10.6 Å². The van der Waals surface area contributed by atoms with E-state index >= 15 is 0 Å². The molecule has 0 amide bonds. The minimum Gasteiger partial charge on any atom is -0.354 e. The maximum atomic E-state index is 4.42. The van der Waals surface area contributed by atoms with Gasteiger partial charge in [-0.3, -0.25) is 9.89 Å². The minimum absolute atomic E-state index is 0.534. The summed E-state index contributed by atoms with van der Waals surface area (Å²) in [5.74, 6) is 0.923. The molecule has 0 aliphatic carbocycles. The zero-order chi connectivity index (χ0) is 19.6. The average molecular weight is 386 g/mol. The van der Waals surface area contributed by atoms with Crippen molar-refractivity contribution in [2.45, 2.75) is 64.6 Å². The fraction of sp³-hybridized carbons (Fsp3) is 0.696. The van der Waals surface area contributed by atoms with Gasteiger partial charge >= 0.3 is 0 Å². The second-order valence-corrected chi connectivity index (χ2v) is 8.34. The molecule has 0 atom stereocenters. The Balaban J connectivity index is 1.40. The van der Waals surface area contributed by atoms with Gasteiger partial charge in [0.05, 0.1) is 0 Å². The summed E-state index contributed by atoms with van der Waals surface area (Å²) in [6.07, 6.45) is 7.75. The lowest BCUT2D eigenvalue weighted by molar-refractivity contribution is 0.206. The predicted molar refractivity (Wildman–Crippen MR) is 119 cm³/mol. The lowest BCUT2D eigenvalue weighted by Gasteiger charge is -2.32. The van der Waals surface area contributed by atoms with E-state index in [-0.39, 0.29) is 0 Å². The Morgan fingerprint density at radius 1 is 0.964 bits per heavy atom. The molecule has 2 heterocycles. The third-order valence-electron chi connectivity index (χ3n) is 6.03. The van der Waals surface area contributed by atoms with Crippen LogP contribution in [0.5, 0.6) is 0 Å². The van der Waals surface area contributed by atoms with Crippen molar-refractivity contribution in [3.63, 3.8) is 0 Å². The Hall–Kier alpha value is -1.59. The van der Waals surface area contributed by atoms with Gasteiger partial charge < -0.3 is 15.5 Å². The second kappa shape index (κ2) is 11.4. The molecule has 0 saturated carbocycles. The van der Waals surface area contributed by atoms with E-state index in [0.29, 0.717) is 6.04 Å². The standard InChI is InChI=1S/C23H39N5/c1-3-13-27-16-11-22(12-17-27)26-23(24-2)25-18-20-7-9-21(10-8-20)19-28-14-5-4-6-15-28/h7-10,22H,3-6,11-19H2,1-2H3,(H2,24,25,26). The van der Waals surface area contributed by atoms with Crippen molar-refractivity contribution in [2.24, 2.45) is 4.99 Å². The first-order chi connectivity index (χ1) is 13.8. The van der Waals surface area contributed by atoms with Gasteiger partial charge in [0.1, 0.15) is 0 Å². The van der Waals surface area contributed by atoms with Crippen LogP contribution >= 0.6 is 0 Å². The zero-order valence-electron chi connectivity index (χ0n) is 17.9. The molecular formula is C23H39N5. The fourth-order valence-corrected chi connectivity index (χ4v) is 4.33. The van der Waals surface area contributed by atoms with Crippen molar-refractivity contribution >= 4 is 5.96 Å². The van der Waals surface area contributed by atoms with E-state index < -0.39 is 0 Å². The summed E-state index contributed by atoms with van der Waals surface area (Å²) in [5.41, 5.74) is 2.73. The van der Waals surface area contributed by atoms with Crippen LogP contribution in [0.4, 0.5) is 0 Å². The topological polar surface area (TPSA) is 42.9 Å². The normalized spacial score (nSPS) is 20.3. The number of rotatable bonds is 7. The number of hydrogen-bond acceptors (Lipinski definition) is 3. The van der Waals surface area contributed by atoms with Crippen molar-refractivity contribution in [3.05, 3.63) is 35.4 Å². The average Bonchev–Trinajstić information content (AvgIpc) is 2.74. The highest BCUT2D eigenvalue weighted by molar-refractivity contribution is 5.79. The van der Waals surface area contributed by atoms with Crippen LogP contribution in [0.25, 0.3) is 0 Å². The SMILES string of the molecule is CCCN1CCC(NC(=NC)NCc2ccc(CN3CCCCC3)cc2)CC1. The van der Waals surface area contributed by atoms with Gasteiger partial charge in [-0.1, -0.05) is 37.6 Å². The third-order valence-corrected chi connectivity index (χ3v) is 6.03. The molecule has 2 aliphatic rings. The summed E-state index contributed by atoms with van der Waals surface area (Å²) in [5, 5.41) is 7.09. The Morgan fingerprint density at radius 2 is 1.64 bits per heavy atom. The maximum absolute atomic E-state index is 4.42. The zero-order valence-corrected chi connectivity index (χ0v) is 17.9. The number of nitrogens with one attached hydrogen (secondary N) is 2. The Labute approximate surface area is 171 Å². The van der Waals surface area contributed by atoms with E-state index in [1.165, 1.54) is 82.4 Å². The molecular weight excluding hydrogens is 346 g/mol. The highest BCUT2D eigenvalue weighted by Crippen LogP contribution is 2.14. The molecule has 1 aromatic rings. The molecule has 2 aliphatic heterocycles. The van der Waals surface area contributed by atoms with Crippen LogP contribution in [0.15, 0.2) is 29.3 Å². The van der Waals surface area contributed by atoms with E-state index in [2.05, 4.69) is 56.6 Å². The third kappa shape index (κ3) is 6.78. The van der Waals surface area contributed by atoms with Crippen molar-refractivity contribution in [1.29, 1.82) is 0 Å². The molecule has 0 unspecified atom stereocenters. The molecule has 0 aromatic heterocycles. The van der Waals surface area contributed by atoms with E-state index in [9.17, 15) is 0 Å². The van der Waals surface area contributed by atoms with E-state index in [1.807, 2.05) is 7.05 Å². The number of piperidine rings is 2. The second-order valence-electron chi connectivity index (χ2n) is 8.34. The van der Waals surface area contributed by atoms with Gasteiger partial charge in [-0.15, -0.1) is 0 Å². The molecule has 5 heteroatoms. The van der Waals surface area contributed by atoms with E-state index in [0.717, 1.165) is 19.0 Å². The number of nitrogens with zero attached hydrogens (tertiary/aromatic N) is 3. The number of benzene rings is 1. The Bertz CT molecular complexity index is 584. The molecule has 2 fully saturated rings. The number of likely N-dealkylation sites (tertiary alicyclic amines) is 2. The molecule has 2 N–H and O–H groups in total. The monoisotopic (exact) mass is 385 g/mol. The molecule has 3 rings (SSSR count). The van der Waals surface area contributed by atoms with Crippen molar-refractivity contribution in [3.8, 4) is 0 Å². The first-order valence-corrected chi connectivity index (χ1v) is 11.3. The Morgan fingerprint density at radius 3 is 2.29 bits per heavy atom. The molecule has 0 spiro atoms. The number of guanidine groups is 1. The van der Waals surface area contributed by atoms with Crippen LogP contribution in [-0.2, 0) is 13.1 Å². The van der Waals surface area contributed by atoms with E-state index in [1.54, 1.807) is 0 Å². The van der Waals surface area contributed by atoms with Gasteiger partial charge in [-0.05, 0) is 62.9 Å². The molecule has 156 valence electrons. The summed E-state index contributed by atoms with van der Waals surface area (Å²) in [7, 11) is 1.86. The van der Waals surface area contributed by atoms with Crippen LogP contribution in [0.1, 0.15) is 56.6 Å². The van der Waals surface area contributed by atoms with Gasteiger partial charge in [-0.25, -0.2) is 0 Å². The predicted octanol–water partition coefficient (Wildman–Crippen LogP) is 3.21. The Kier molecular flexibility index (Phi) is 8.62. The largest absolute Gasteiger partial charge is 0.354 e. The van der Waals surface area contributed by atoms with Gasteiger partial charge in [0, 0.05) is 39.3 Å². The van der Waals surface area contributed by atoms with Gasteiger partial charge in [0.2, 0.25) is 0 Å². The quantitative estimate of drug-likeness (QED) is 0.559. The highest BCUT2D eigenvalue weighted by Gasteiger charge is 2.19. The summed E-state index contributed by atoms with van der Waals surface area (Å²) in [6.45, 7) is 10.3. The van der Waals surface area contributed by atoms with Gasteiger partial charge in [0.15, 0.2) is 5.96 Å². The molecule has 1 aromatic carbocycles. The van der Waals surface area contributed by atoms with Gasteiger partial charge in [-0.2, -0.15) is 0 Å². The molecule has 0 radical (unpaired) electrons. The molecule has 0 bridgehead atoms. The maximum Gasteiger partial charge on any atom is 0.191 e. The van der Waals surface area contributed by atoms with E-state index in [4.69, 9.17) is 0 Å². The highest BCUT2D eigenvalue weighted by atomic mass is 15.2. The first-order valence-electron chi connectivity index (χ1n) is 11.3. The molecule has 2 saturated heterocycles. The minimum atomic E-state index is 0.534. The fourth-order valence-electron chi connectivity index (χ4n) is 4.33. The van der Waals surface area contributed by atoms with Crippen molar-refractivity contribution < 1.29 is 0 Å². The lowest BCUT2D eigenvalue weighted by atomic mass is 10.1. The van der Waals surface area contributed by atoms with Crippen LogP contribution in [0.2, 0.25) is 0 Å². The van der Waals surface area contributed by atoms with Crippen molar-refractivity contribution in [1.82, 2.24) is 20.4 Å². The van der Waals surface area contributed by atoms with Crippen LogP contribution in [0, 0.1) is 0 Å². The summed E-state index contributed by atoms with van der Waals surface area (Å²) in [6, 6.07) is 9.61. The lowest BCUT2D eigenvalue weighted by Crippen LogP contribution is -2.48. The number of hydrogen-bond donors (Lipinski definition) is 2. The smallest absolute Gasteiger partial charge is 0.191 e. The molecule has 28 heavy (non-hydrogen) atoms. The number of aliphatic imine (C=N–C) groups is 1. The summed E-state index contributed by atoms with van der Waals surface area (Å²) >= 11 is 0.